The molecular weight excluding hydrogens is 212 g/mol. The van der Waals surface area contributed by atoms with E-state index < -0.39 is 12.5 Å². The fraction of sp³-hybridized carbons (Fsp3) is 0.625. The van der Waals surface area contributed by atoms with Crippen molar-refractivity contribution in [3.05, 3.63) is 17.2 Å². The Balaban J connectivity index is 2.79. The minimum atomic E-state index is -2.54. The number of halogens is 3. The third kappa shape index (κ3) is 2.42. The normalized spacial score (nSPS) is 13.6. The molecular formula is C8H12ClF2N3. The second-order valence-corrected chi connectivity index (χ2v) is 3.33. The molecule has 1 rings (SSSR count). The lowest BCUT2D eigenvalue weighted by Gasteiger charge is -2.11. The number of aromatic nitrogens is 2. The van der Waals surface area contributed by atoms with E-state index in [-0.39, 0.29) is 11.6 Å². The molecule has 0 bridgehead atoms. The van der Waals surface area contributed by atoms with E-state index in [1.54, 1.807) is 4.57 Å². The largest absolute Gasteiger partial charge is 0.333 e. The monoisotopic (exact) mass is 223 g/mol. The minimum Gasteiger partial charge on any atom is -0.333 e. The van der Waals surface area contributed by atoms with Gasteiger partial charge in [-0.2, -0.15) is 0 Å². The number of aryl methyl sites for hydroxylation is 1. The maximum Gasteiger partial charge on any atom is 0.253 e. The van der Waals surface area contributed by atoms with Crippen LogP contribution in [-0.2, 0) is 13.0 Å². The van der Waals surface area contributed by atoms with Crippen molar-refractivity contribution in [3.8, 4) is 0 Å². The summed E-state index contributed by atoms with van der Waals surface area (Å²) in [7, 11) is 0. The lowest BCUT2D eigenvalue weighted by molar-refractivity contribution is 0.115. The van der Waals surface area contributed by atoms with Crippen LogP contribution in [0.1, 0.15) is 12.6 Å². The summed E-state index contributed by atoms with van der Waals surface area (Å²) in [6.07, 6.45) is -0.966. The molecule has 1 atom stereocenters. The highest BCUT2D eigenvalue weighted by Crippen LogP contribution is 2.17. The zero-order valence-electron chi connectivity index (χ0n) is 7.75. The van der Waals surface area contributed by atoms with Gasteiger partial charge in [-0.1, -0.05) is 11.6 Å². The molecule has 0 aliphatic heterocycles. The summed E-state index contributed by atoms with van der Waals surface area (Å²) in [5, 5.41) is 0.253. The minimum absolute atomic E-state index is 0.0460. The van der Waals surface area contributed by atoms with Crippen LogP contribution in [0.2, 0.25) is 5.15 Å². The molecule has 80 valence electrons. The number of alkyl halides is 2. The molecule has 2 N–H and O–H groups in total. The lowest BCUT2D eigenvalue weighted by atomic mass is 10.2. The molecule has 1 unspecified atom stereocenters. The summed E-state index contributed by atoms with van der Waals surface area (Å²) in [6.45, 7) is 2.53. The predicted octanol–water partition coefficient (Wildman–Crippen LogP) is 1.69. The van der Waals surface area contributed by atoms with E-state index in [1.807, 2.05) is 6.92 Å². The molecule has 0 fully saturated rings. The van der Waals surface area contributed by atoms with Gasteiger partial charge in [0.15, 0.2) is 0 Å². The number of nitrogens with two attached hydrogens (primary N) is 1. The van der Waals surface area contributed by atoms with Gasteiger partial charge in [-0.15, -0.1) is 0 Å². The van der Waals surface area contributed by atoms with Gasteiger partial charge in [0.25, 0.3) is 6.43 Å². The topological polar surface area (TPSA) is 43.8 Å². The Morgan fingerprint density at radius 2 is 2.29 bits per heavy atom. The molecule has 0 aromatic carbocycles. The van der Waals surface area contributed by atoms with Crippen LogP contribution in [0.15, 0.2) is 6.33 Å². The first-order valence-electron chi connectivity index (χ1n) is 4.29. The summed E-state index contributed by atoms with van der Waals surface area (Å²) < 4.78 is 26.1. The lowest BCUT2D eigenvalue weighted by Crippen LogP contribution is -2.31. The van der Waals surface area contributed by atoms with Crippen LogP contribution < -0.4 is 5.73 Å². The fourth-order valence-electron chi connectivity index (χ4n) is 1.17. The summed E-state index contributed by atoms with van der Waals surface area (Å²) in [6, 6.07) is -1.19. The Morgan fingerprint density at radius 1 is 1.64 bits per heavy atom. The molecule has 1 heterocycles. The SMILES string of the molecule is CCn1cnc(Cl)c1CC(N)C(F)F. The van der Waals surface area contributed by atoms with Crippen LogP contribution in [0.3, 0.4) is 0 Å². The maximum absolute atomic E-state index is 12.2. The van der Waals surface area contributed by atoms with Crippen molar-refractivity contribution in [2.45, 2.75) is 32.4 Å². The van der Waals surface area contributed by atoms with Gasteiger partial charge in [0.05, 0.1) is 18.1 Å². The molecule has 1 aromatic heterocycles. The van der Waals surface area contributed by atoms with Gasteiger partial charge < -0.3 is 10.3 Å². The molecule has 0 saturated carbocycles. The molecule has 0 saturated heterocycles. The average molecular weight is 224 g/mol. The summed E-state index contributed by atoms with van der Waals surface area (Å²) in [4.78, 5) is 3.83. The van der Waals surface area contributed by atoms with E-state index in [0.717, 1.165) is 0 Å². The quantitative estimate of drug-likeness (QED) is 0.844. The van der Waals surface area contributed by atoms with Crippen molar-refractivity contribution >= 4 is 11.6 Å². The first-order chi connectivity index (χ1) is 6.56. The van der Waals surface area contributed by atoms with E-state index in [2.05, 4.69) is 4.98 Å². The third-order valence-electron chi connectivity index (χ3n) is 1.99. The zero-order valence-corrected chi connectivity index (χ0v) is 8.51. The van der Waals surface area contributed by atoms with Crippen LogP contribution >= 0.6 is 11.6 Å². The molecule has 0 amide bonds. The van der Waals surface area contributed by atoms with Gasteiger partial charge in [-0.25, -0.2) is 13.8 Å². The van der Waals surface area contributed by atoms with Gasteiger partial charge in [-0.05, 0) is 6.92 Å². The van der Waals surface area contributed by atoms with Crippen LogP contribution in [-0.4, -0.2) is 22.0 Å². The predicted molar refractivity (Wildman–Crippen MR) is 50.6 cm³/mol. The Morgan fingerprint density at radius 3 is 2.79 bits per heavy atom. The average Bonchev–Trinajstić information content (AvgIpc) is 2.47. The van der Waals surface area contributed by atoms with E-state index in [4.69, 9.17) is 17.3 Å². The molecule has 3 nitrogen and oxygen atoms in total. The van der Waals surface area contributed by atoms with Crippen molar-refractivity contribution < 1.29 is 8.78 Å². The van der Waals surface area contributed by atoms with E-state index in [0.29, 0.717) is 12.2 Å². The second-order valence-electron chi connectivity index (χ2n) is 2.97. The van der Waals surface area contributed by atoms with Gasteiger partial charge in [0.2, 0.25) is 0 Å². The van der Waals surface area contributed by atoms with Gasteiger partial charge in [0, 0.05) is 13.0 Å². The molecule has 0 aliphatic carbocycles. The zero-order chi connectivity index (χ0) is 10.7. The first kappa shape index (κ1) is 11.4. The highest BCUT2D eigenvalue weighted by atomic mass is 35.5. The number of hydrogen-bond donors (Lipinski definition) is 1. The number of imidazole rings is 1. The summed E-state index contributed by atoms with van der Waals surface area (Å²) >= 11 is 5.74. The van der Waals surface area contributed by atoms with Gasteiger partial charge >= 0.3 is 0 Å². The van der Waals surface area contributed by atoms with Crippen LogP contribution in [0.5, 0.6) is 0 Å². The molecule has 0 radical (unpaired) electrons. The fourth-order valence-corrected chi connectivity index (χ4v) is 1.40. The van der Waals surface area contributed by atoms with Crippen molar-refractivity contribution in [3.63, 3.8) is 0 Å². The van der Waals surface area contributed by atoms with E-state index in [9.17, 15) is 8.78 Å². The molecule has 1 aromatic rings. The Bertz CT molecular complexity index is 301. The Labute approximate surface area is 85.9 Å². The van der Waals surface area contributed by atoms with E-state index in [1.165, 1.54) is 6.33 Å². The summed E-state index contributed by atoms with van der Waals surface area (Å²) in [5.41, 5.74) is 5.82. The molecule has 0 aliphatic rings. The van der Waals surface area contributed by atoms with Gasteiger partial charge in [-0.3, -0.25) is 0 Å². The van der Waals surface area contributed by atoms with Gasteiger partial charge in [0.1, 0.15) is 5.15 Å². The van der Waals surface area contributed by atoms with Crippen LogP contribution in [0, 0.1) is 0 Å². The molecule has 0 spiro atoms. The van der Waals surface area contributed by atoms with Crippen molar-refractivity contribution in [1.82, 2.24) is 9.55 Å². The maximum atomic E-state index is 12.2. The van der Waals surface area contributed by atoms with Crippen LogP contribution in [0.25, 0.3) is 0 Å². The Hall–Kier alpha value is -0.680. The standard InChI is InChI=1S/C8H12ClF2N3/c1-2-14-4-13-7(9)6(14)3-5(12)8(10)11/h4-5,8H,2-3,12H2,1H3. The third-order valence-corrected chi connectivity index (χ3v) is 2.30. The Kier molecular flexibility index (Phi) is 3.83. The summed E-state index contributed by atoms with van der Waals surface area (Å²) in [5.74, 6) is 0. The second kappa shape index (κ2) is 4.70. The first-order valence-corrected chi connectivity index (χ1v) is 4.67. The van der Waals surface area contributed by atoms with Crippen LogP contribution in [0.4, 0.5) is 8.78 Å². The van der Waals surface area contributed by atoms with E-state index >= 15 is 0 Å². The molecule has 6 heteroatoms. The molecule has 14 heavy (non-hydrogen) atoms. The highest BCUT2D eigenvalue weighted by Gasteiger charge is 2.19. The number of rotatable bonds is 4. The van der Waals surface area contributed by atoms with Crippen molar-refractivity contribution in [2.24, 2.45) is 5.73 Å². The number of hydrogen-bond acceptors (Lipinski definition) is 2. The highest BCUT2D eigenvalue weighted by molar-refractivity contribution is 6.30. The van der Waals surface area contributed by atoms with Crippen molar-refractivity contribution in [1.29, 1.82) is 0 Å². The smallest absolute Gasteiger partial charge is 0.253 e. The number of nitrogens with zero attached hydrogens (tertiary/aromatic N) is 2. The van der Waals surface area contributed by atoms with Crippen molar-refractivity contribution in [2.75, 3.05) is 0 Å².